The van der Waals surface area contributed by atoms with Crippen LogP contribution in [0.15, 0.2) is 24.3 Å². The summed E-state index contributed by atoms with van der Waals surface area (Å²) >= 11 is 11.1. The molecule has 0 spiro atoms. The molecular formula is C13H19ClN2S. The topological polar surface area (TPSA) is 24.1 Å². The first kappa shape index (κ1) is 14.3. The van der Waals surface area contributed by atoms with Gasteiger partial charge in [-0.25, -0.2) is 0 Å². The summed E-state index contributed by atoms with van der Waals surface area (Å²) in [5.74, 6) is 0. The zero-order chi connectivity index (χ0) is 12.9. The van der Waals surface area contributed by atoms with E-state index in [-0.39, 0.29) is 5.54 Å². The number of thiocarbonyl (C=S) groups is 1. The van der Waals surface area contributed by atoms with Crippen LogP contribution in [-0.4, -0.2) is 10.7 Å². The molecular weight excluding hydrogens is 252 g/mol. The minimum Gasteiger partial charge on any atom is -0.359 e. The van der Waals surface area contributed by atoms with Gasteiger partial charge in [-0.15, -0.1) is 0 Å². The molecule has 0 fully saturated rings. The molecule has 0 bridgehead atoms. The number of hydrogen-bond acceptors (Lipinski definition) is 1. The Morgan fingerprint density at radius 3 is 2.41 bits per heavy atom. The predicted octanol–water partition coefficient (Wildman–Crippen LogP) is 3.49. The molecule has 0 saturated heterocycles. The summed E-state index contributed by atoms with van der Waals surface area (Å²) < 4.78 is 0. The molecule has 0 saturated carbocycles. The molecule has 2 nitrogen and oxygen atoms in total. The van der Waals surface area contributed by atoms with E-state index in [1.165, 1.54) is 0 Å². The summed E-state index contributed by atoms with van der Waals surface area (Å²) in [6, 6.07) is 7.74. The van der Waals surface area contributed by atoms with E-state index in [2.05, 4.69) is 31.4 Å². The summed E-state index contributed by atoms with van der Waals surface area (Å²) in [7, 11) is 0. The van der Waals surface area contributed by atoms with Gasteiger partial charge in [0.05, 0.1) is 0 Å². The number of rotatable bonds is 4. The van der Waals surface area contributed by atoms with Crippen LogP contribution < -0.4 is 10.6 Å². The average Bonchev–Trinajstić information content (AvgIpc) is 2.28. The van der Waals surface area contributed by atoms with Gasteiger partial charge in [0.2, 0.25) is 0 Å². The minimum atomic E-state index is 0.0318. The quantitative estimate of drug-likeness (QED) is 0.819. The van der Waals surface area contributed by atoms with Gasteiger partial charge in [0.1, 0.15) is 0 Å². The van der Waals surface area contributed by atoms with Gasteiger partial charge in [0, 0.05) is 17.1 Å². The van der Waals surface area contributed by atoms with Gasteiger partial charge in [0.15, 0.2) is 5.11 Å². The Hall–Kier alpha value is -0.800. The molecule has 0 atom stereocenters. The van der Waals surface area contributed by atoms with Crippen molar-refractivity contribution < 1.29 is 0 Å². The van der Waals surface area contributed by atoms with Crippen LogP contribution in [0.1, 0.15) is 32.8 Å². The van der Waals surface area contributed by atoms with Crippen LogP contribution in [0.5, 0.6) is 0 Å². The largest absolute Gasteiger partial charge is 0.359 e. The standard InChI is InChI=1S/C13H19ClN2S/c1-4-13(2,3)16-12(17)15-9-10-5-7-11(14)8-6-10/h5-8H,4,9H2,1-3H3,(H2,15,16,17). The Kier molecular flexibility index (Phi) is 5.22. The van der Waals surface area contributed by atoms with E-state index in [0.717, 1.165) is 17.0 Å². The first-order valence-electron chi connectivity index (χ1n) is 5.73. The second kappa shape index (κ2) is 6.22. The molecule has 0 heterocycles. The van der Waals surface area contributed by atoms with Crippen LogP contribution >= 0.6 is 23.8 Å². The molecule has 0 aliphatic carbocycles. The van der Waals surface area contributed by atoms with Gasteiger partial charge in [-0.1, -0.05) is 30.7 Å². The van der Waals surface area contributed by atoms with E-state index in [9.17, 15) is 0 Å². The van der Waals surface area contributed by atoms with Crippen molar-refractivity contribution >= 4 is 28.9 Å². The van der Waals surface area contributed by atoms with Crippen LogP contribution in [-0.2, 0) is 6.54 Å². The Morgan fingerprint density at radius 2 is 1.88 bits per heavy atom. The van der Waals surface area contributed by atoms with E-state index < -0.39 is 0 Å². The molecule has 4 heteroatoms. The van der Waals surface area contributed by atoms with Crippen LogP contribution in [0.25, 0.3) is 0 Å². The molecule has 0 unspecified atom stereocenters. The van der Waals surface area contributed by atoms with Gasteiger partial charge in [0.25, 0.3) is 0 Å². The lowest BCUT2D eigenvalue weighted by atomic mass is 10.0. The van der Waals surface area contributed by atoms with Gasteiger partial charge in [-0.05, 0) is 50.2 Å². The maximum atomic E-state index is 5.82. The van der Waals surface area contributed by atoms with Crippen LogP contribution in [0.4, 0.5) is 0 Å². The molecule has 0 amide bonds. The molecule has 1 aromatic rings. The van der Waals surface area contributed by atoms with Gasteiger partial charge in [-0.2, -0.15) is 0 Å². The lowest BCUT2D eigenvalue weighted by molar-refractivity contribution is 0.442. The third-order valence-corrected chi connectivity index (χ3v) is 3.20. The Bertz CT molecular complexity index is 374. The van der Waals surface area contributed by atoms with Crippen molar-refractivity contribution in [1.29, 1.82) is 0 Å². The smallest absolute Gasteiger partial charge is 0.166 e. The van der Waals surface area contributed by atoms with Gasteiger partial charge in [-0.3, -0.25) is 0 Å². The fourth-order valence-electron chi connectivity index (χ4n) is 1.22. The second-order valence-electron chi connectivity index (χ2n) is 4.67. The van der Waals surface area contributed by atoms with Crippen molar-refractivity contribution in [3.8, 4) is 0 Å². The Labute approximate surface area is 114 Å². The normalized spacial score (nSPS) is 11.1. The number of hydrogen-bond donors (Lipinski definition) is 2. The first-order chi connectivity index (χ1) is 7.93. The Balaban J connectivity index is 2.41. The molecule has 0 radical (unpaired) electrons. The maximum Gasteiger partial charge on any atom is 0.166 e. The summed E-state index contributed by atoms with van der Waals surface area (Å²) in [6.07, 6.45) is 1.02. The van der Waals surface area contributed by atoms with E-state index >= 15 is 0 Å². The molecule has 1 aromatic carbocycles. The van der Waals surface area contributed by atoms with E-state index in [4.69, 9.17) is 23.8 Å². The zero-order valence-corrected chi connectivity index (χ0v) is 12.1. The highest BCUT2D eigenvalue weighted by Gasteiger charge is 2.15. The predicted molar refractivity (Wildman–Crippen MR) is 78.4 cm³/mol. The average molecular weight is 271 g/mol. The van der Waals surface area contributed by atoms with Crippen molar-refractivity contribution in [1.82, 2.24) is 10.6 Å². The second-order valence-corrected chi connectivity index (χ2v) is 5.52. The maximum absolute atomic E-state index is 5.82. The third-order valence-electron chi connectivity index (χ3n) is 2.70. The van der Waals surface area contributed by atoms with Crippen LogP contribution in [0.2, 0.25) is 5.02 Å². The summed E-state index contributed by atoms with van der Waals surface area (Å²) in [6.45, 7) is 7.10. The van der Waals surface area contributed by atoms with Crippen LogP contribution in [0, 0.1) is 0 Å². The van der Waals surface area contributed by atoms with Crippen LogP contribution in [0.3, 0.4) is 0 Å². The lowest BCUT2D eigenvalue weighted by Crippen LogP contribution is -2.47. The lowest BCUT2D eigenvalue weighted by Gasteiger charge is -2.26. The molecule has 0 aliphatic heterocycles. The minimum absolute atomic E-state index is 0.0318. The number of halogens is 1. The molecule has 17 heavy (non-hydrogen) atoms. The first-order valence-corrected chi connectivity index (χ1v) is 6.52. The van der Waals surface area contributed by atoms with Crippen molar-refractivity contribution in [2.75, 3.05) is 0 Å². The molecule has 94 valence electrons. The molecule has 2 N–H and O–H groups in total. The summed E-state index contributed by atoms with van der Waals surface area (Å²) in [5.41, 5.74) is 1.19. The highest BCUT2D eigenvalue weighted by atomic mass is 35.5. The molecule has 0 aromatic heterocycles. The Morgan fingerprint density at radius 1 is 1.29 bits per heavy atom. The fourth-order valence-corrected chi connectivity index (χ4v) is 1.70. The molecule has 1 rings (SSSR count). The highest BCUT2D eigenvalue weighted by molar-refractivity contribution is 7.80. The summed E-state index contributed by atoms with van der Waals surface area (Å²) in [5, 5.41) is 7.91. The van der Waals surface area contributed by atoms with Gasteiger partial charge < -0.3 is 10.6 Å². The van der Waals surface area contributed by atoms with E-state index in [0.29, 0.717) is 11.7 Å². The van der Waals surface area contributed by atoms with E-state index in [1.54, 1.807) is 0 Å². The SMILES string of the molecule is CCC(C)(C)NC(=S)NCc1ccc(Cl)cc1. The van der Waals surface area contributed by atoms with E-state index in [1.807, 2.05) is 24.3 Å². The van der Waals surface area contributed by atoms with Gasteiger partial charge >= 0.3 is 0 Å². The van der Waals surface area contributed by atoms with Crippen molar-refractivity contribution in [3.05, 3.63) is 34.9 Å². The summed E-state index contributed by atoms with van der Waals surface area (Å²) in [4.78, 5) is 0. The monoisotopic (exact) mass is 270 g/mol. The fraction of sp³-hybridized carbons (Fsp3) is 0.462. The number of nitrogens with one attached hydrogen (secondary N) is 2. The van der Waals surface area contributed by atoms with Crippen molar-refractivity contribution in [3.63, 3.8) is 0 Å². The highest BCUT2D eigenvalue weighted by Crippen LogP contribution is 2.09. The van der Waals surface area contributed by atoms with Crippen molar-refractivity contribution in [2.45, 2.75) is 39.3 Å². The zero-order valence-electron chi connectivity index (χ0n) is 10.5. The molecule has 0 aliphatic rings. The number of benzene rings is 1. The third kappa shape index (κ3) is 5.37. The van der Waals surface area contributed by atoms with Crippen molar-refractivity contribution in [2.24, 2.45) is 0 Å².